The highest BCUT2D eigenvalue weighted by Crippen LogP contribution is 2.14. The zero-order valence-corrected chi connectivity index (χ0v) is 11.9. The smallest absolute Gasteiger partial charge is 0.404 e. The monoisotopic (exact) mass is 300 g/mol. The molecule has 1 heterocycles. The number of nitrogens with zero attached hydrogens (tertiary/aromatic N) is 1. The third kappa shape index (κ3) is 5.75. The largest absolute Gasteiger partial charge is 0.448 e. The molecule has 0 aliphatic rings. The molecule has 0 saturated carbocycles. The van der Waals surface area contributed by atoms with Crippen molar-refractivity contribution < 1.29 is 14.3 Å². The Morgan fingerprint density at radius 2 is 2.15 bits per heavy atom. The van der Waals surface area contributed by atoms with Gasteiger partial charge < -0.3 is 21.1 Å². The normalized spacial score (nSPS) is 9.90. The number of nitrogens with one attached hydrogen (secondary N) is 2. The molecule has 2 amide bonds. The summed E-state index contributed by atoms with van der Waals surface area (Å²) in [5.41, 5.74) is 5.18. The molecule has 0 spiro atoms. The van der Waals surface area contributed by atoms with Gasteiger partial charge in [0.25, 0.3) is 5.91 Å². The van der Waals surface area contributed by atoms with Gasteiger partial charge in [-0.25, -0.2) is 9.78 Å². The van der Waals surface area contributed by atoms with Crippen LogP contribution in [0.25, 0.3) is 0 Å². The van der Waals surface area contributed by atoms with Crippen LogP contribution in [0.5, 0.6) is 0 Å². The predicted molar refractivity (Wildman–Crippen MR) is 75.9 cm³/mol. The summed E-state index contributed by atoms with van der Waals surface area (Å²) < 4.78 is 4.50. The number of nitrogens with two attached hydrogens (primary N) is 1. The fourth-order valence-corrected chi connectivity index (χ4v) is 1.60. The van der Waals surface area contributed by atoms with E-state index in [1.165, 1.54) is 6.07 Å². The minimum absolute atomic E-state index is 0.0147. The maximum absolute atomic E-state index is 11.9. The molecule has 110 valence electrons. The Morgan fingerprint density at radius 1 is 1.40 bits per heavy atom. The Labute approximate surface area is 121 Å². The first-order valence-corrected chi connectivity index (χ1v) is 6.52. The SMILES string of the molecule is CCCNc1cc(C(=O)NCCOC(N)=O)cc(Cl)n1. The summed E-state index contributed by atoms with van der Waals surface area (Å²) in [7, 11) is 0. The first kappa shape index (κ1) is 16.0. The lowest BCUT2D eigenvalue weighted by Crippen LogP contribution is -2.29. The van der Waals surface area contributed by atoms with Gasteiger partial charge in [-0.05, 0) is 18.6 Å². The van der Waals surface area contributed by atoms with Crippen molar-refractivity contribution >= 4 is 29.4 Å². The molecule has 20 heavy (non-hydrogen) atoms. The highest BCUT2D eigenvalue weighted by Gasteiger charge is 2.09. The Balaban J connectivity index is 2.58. The van der Waals surface area contributed by atoms with Gasteiger partial charge in [-0.3, -0.25) is 4.79 Å². The average Bonchev–Trinajstić information content (AvgIpc) is 2.40. The van der Waals surface area contributed by atoms with E-state index < -0.39 is 6.09 Å². The molecule has 0 fully saturated rings. The van der Waals surface area contributed by atoms with E-state index in [-0.39, 0.29) is 24.2 Å². The molecule has 0 aromatic carbocycles. The van der Waals surface area contributed by atoms with E-state index >= 15 is 0 Å². The maximum Gasteiger partial charge on any atom is 0.404 e. The van der Waals surface area contributed by atoms with Gasteiger partial charge in [-0.1, -0.05) is 18.5 Å². The summed E-state index contributed by atoms with van der Waals surface area (Å²) in [6, 6.07) is 3.06. The first-order valence-electron chi connectivity index (χ1n) is 6.14. The van der Waals surface area contributed by atoms with Gasteiger partial charge in [0.2, 0.25) is 0 Å². The van der Waals surface area contributed by atoms with E-state index in [9.17, 15) is 9.59 Å². The zero-order chi connectivity index (χ0) is 15.0. The van der Waals surface area contributed by atoms with Crippen molar-refractivity contribution in [1.82, 2.24) is 10.3 Å². The first-order chi connectivity index (χ1) is 9.52. The van der Waals surface area contributed by atoms with Crippen LogP contribution in [-0.4, -0.2) is 36.7 Å². The molecule has 0 bridgehead atoms. The molecule has 1 rings (SSSR count). The van der Waals surface area contributed by atoms with Crippen LogP contribution in [0.1, 0.15) is 23.7 Å². The quantitative estimate of drug-likeness (QED) is 0.521. The van der Waals surface area contributed by atoms with Crippen LogP contribution in [0, 0.1) is 0 Å². The number of ether oxygens (including phenoxy) is 1. The van der Waals surface area contributed by atoms with Gasteiger partial charge in [0.05, 0.1) is 6.54 Å². The summed E-state index contributed by atoms with van der Waals surface area (Å²) in [6.45, 7) is 2.94. The summed E-state index contributed by atoms with van der Waals surface area (Å²) in [5, 5.41) is 5.86. The van der Waals surface area contributed by atoms with Crippen LogP contribution < -0.4 is 16.4 Å². The van der Waals surface area contributed by atoms with Crippen molar-refractivity contribution in [2.75, 3.05) is 25.0 Å². The highest BCUT2D eigenvalue weighted by molar-refractivity contribution is 6.29. The fourth-order valence-electron chi connectivity index (χ4n) is 1.39. The second kappa shape index (κ2) is 8.21. The van der Waals surface area contributed by atoms with Crippen LogP contribution in [0.4, 0.5) is 10.6 Å². The lowest BCUT2D eigenvalue weighted by molar-refractivity contribution is 0.0937. The summed E-state index contributed by atoms with van der Waals surface area (Å²) in [5.74, 6) is 0.208. The van der Waals surface area contributed by atoms with Crippen molar-refractivity contribution in [3.05, 3.63) is 22.8 Å². The van der Waals surface area contributed by atoms with Crippen molar-refractivity contribution in [2.24, 2.45) is 5.73 Å². The molecule has 7 nitrogen and oxygen atoms in total. The van der Waals surface area contributed by atoms with E-state index in [2.05, 4.69) is 20.4 Å². The number of primary amides is 1. The van der Waals surface area contributed by atoms with Crippen molar-refractivity contribution in [1.29, 1.82) is 0 Å². The highest BCUT2D eigenvalue weighted by atomic mass is 35.5. The molecule has 0 saturated heterocycles. The van der Waals surface area contributed by atoms with Crippen LogP contribution in [-0.2, 0) is 4.74 Å². The topological polar surface area (TPSA) is 106 Å². The van der Waals surface area contributed by atoms with Crippen LogP contribution in [0.15, 0.2) is 12.1 Å². The lowest BCUT2D eigenvalue weighted by atomic mass is 10.2. The number of hydrogen-bond donors (Lipinski definition) is 3. The average molecular weight is 301 g/mol. The second-order valence-electron chi connectivity index (χ2n) is 3.91. The standard InChI is InChI=1S/C12H17ClN4O3/c1-2-3-15-10-7-8(6-9(13)17-10)11(18)16-4-5-20-12(14)19/h6-7H,2-5H2,1H3,(H2,14,19)(H,15,17)(H,16,18). The Kier molecular flexibility index (Phi) is 6.58. The second-order valence-corrected chi connectivity index (χ2v) is 4.30. The van der Waals surface area contributed by atoms with E-state index in [4.69, 9.17) is 17.3 Å². The molecule has 8 heteroatoms. The zero-order valence-electron chi connectivity index (χ0n) is 11.1. The molecule has 0 aliphatic carbocycles. The number of halogens is 1. The molecule has 0 atom stereocenters. The third-order valence-electron chi connectivity index (χ3n) is 2.24. The van der Waals surface area contributed by atoms with E-state index in [1.807, 2.05) is 6.92 Å². The number of hydrogen-bond acceptors (Lipinski definition) is 5. The molecule has 1 aromatic heterocycles. The summed E-state index contributed by atoms with van der Waals surface area (Å²) in [4.78, 5) is 26.3. The van der Waals surface area contributed by atoms with Gasteiger partial charge in [0, 0.05) is 12.1 Å². The number of rotatable bonds is 7. The Bertz CT molecular complexity index is 482. The van der Waals surface area contributed by atoms with E-state index in [0.717, 1.165) is 13.0 Å². The Hall–Kier alpha value is -2.02. The molecular formula is C12H17ClN4O3. The van der Waals surface area contributed by atoms with Gasteiger partial charge in [0.1, 0.15) is 17.6 Å². The summed E-state index contributed by atoms with van der Waals surface area (Å²) >= 11 is 5.86. The molecular weight excluding hydrogens is 284 g/mol. The predicted octanol–water partition coefficient (Wildman–Crippen LogP) is 1.38. The van der Waals surface area contributed by atoms with Gasteiger partial charge in [-0.2, -0.15) is 0 Å². The van der Waals surface area contributed by atoms with Crippen LogP contribution >= 0.6 is 11.6 Å². The molecule has 1 aromatic rings. The maximum atomic E-state index is 11.9. The third-order valence-corrected chi connectivity index (χ3v) is 2.44. The minimum atomic E-state index is -0.878. The van der Waals surface area contributed by atoms with Gasteiger partial charge >= 0.3 is 6.09 Å². The van der Waals surface area contributed by atoms with Gasteiger partial charge in [0.15, 0.2) is 0 Å². The number of aromatic nitrogens is 1. The van der Waals surface area contributed by atoms with E-state index in [0.29, 0.717) is 11.4 Å². The van der Waals surface area contributed by atoms with E-state index in [1.54, 1.807) is 6.07 Å². The van der Waals surface area contributed by atoms with Crippen molar-refractivity contribution in [3.63, 3.8) is 0 Å². The molecule has 0 aliphatic heterocycles. The molecule has 0 unspecified atom stereocenters. The van der Waals surface area contributed by atoms with Gasteiger partial charge in [-0.15, -0.1) is 0 Å². The van der Waals surface area contributed by atoms with Crippen LogP contribution in [0.2, 0.25) is 5.15 Å². The summed E-state index contributed by atoms with van der Waals surface area (Å²) in [6.07, 6.45) is 0.0532. The number of pyridine rings is 1. The fraction of sp³-hybridized carbons (Fsp3) is 0.417. The van der Waals surface area contributed by atoms with Crippen molar-refractivity contribution in [3.8, 4) is 0 Å². The van der Waals surface area contributed by atoms with Crippen molar-refractivity contribution in [2.45, 2.75) is 13.3 Å². The number of anilines is 1. The number of carbonyl (C=O) groups is 2. The van der Waals surface area contributed by atoms with Crippen LogP contribution in [0.3, 0.4) is 0 Å². The number of carbonyl (C=O) groups excluding carboxylic acids is 2. The molecule has 4 N–H and O–H groups in total. The number of amides is 2. The lowest BCUT2D eigenvalue weighted by Gasteiger charge is -2.08. The molecule has 0 radical (unpaired) electrons. The Morgan fingerprint density at radius 3 is 2.80 bits per heavy atom. The minimum Gasteiger partial charge on any atom is -0.448 e.